The Labute approximate surface area is 164 Å². The summed E-state index contributed by atoms with van der Waals surface area (Å²) in [4.78, 5) is 14.8. The quantitative estimate of drug-likeness (QED) is 0.483. The van der Waals surface area contributed by atoms with Gasteiger partial charge in [-0.15, -0.1) is 0 Å². The van der Waals surface area contributed by atoms with E-state index in [-0.39, 0.29) is 10.6 Å². The van der Waals surface area contributed by atoms with Gasteiger partial charge in [0, 0.05) is 49.7 Å². The summed E-state index contributed by atoms with van der Waals surface area (Å²) in [6.07, 6.45) is 0. The van der Waals surface area contributed by atoms with Crippen LogP contribution in [0.4, 0.5) is 17.1 Å². The molecule has 0 amide bonds. The number of non-ortho nitro benzene ring substituents is 1. The highest BCUT2D eigenvalue weighted by Crippen LogP contribution is 2.21. The standard InChI is InChI=1S/C20H24N4O2S/c1-15(2)16-3-5-17(6-4-16)21-20(27)23-13-11-22(12-14-23)18-7-9-19(10-8-18)24(25)26/h3-10,15H,11-14H2,1-2H3,(H,21,27). The highest BCUT2D eigenvalue weighted by Gasteiger charge is 2.20. The van der Waals surface area contributed by atoms with Crippen molar-refractivity contribution in [2.24, 2.45) is 0 Å². The van der Waals surface area contributed by atoms with E-state index in [1.165, 1.54) is 5.56 Å². The lowest BCUT2D eigenvalue weighted by molar-refractivity contribution is -0.384. The van der Waals surface area contributed by atoms with Crippen LogP contribution in [0.2, 0.25) is 0 Å². The zero-order chi connectivity index (χ0) is 19.4. The smallest absolute Gasteiger partial charge is 0.269 e. The van der Waals surface area contributed by atoms with E-state index < -0.39 is 0 Å². The lowest BCUT2D eigenvalue weighted by atomic mass is 10.0. The zero-order valence-corrected chi connectivity index (χ0v) is 16.4. The maximum atomic E-state index is 10.8. The van der Waals surface area contributed by atoms with E-state index in [1.807, 2.05) is 0 Å². The molecule has 0 aromatic heterocycles. The van der Waals surface area contributed by atoms with Crippen molar-refractivity contribution in [2.75, 3.05) is 36.4 Å². The van der Waals surface area contributed by atoms with Gasteiger partial charge in [-0.2, -0.15) is 0 Å². The predicted octanol–water partition coefficient (Wildman–Crippen LogP) is 4.24. The molecule has 7 heteroatoms. The molecular weight excluding hydrogens is 360 g/mol. The molecule has 142 valence electrons. The topological polar surface area (TPSA) is 61.6 Å². The average molecular weight is 385 g/mol. The number of piperazine rings is 1. The Morgan fingerprint density at radius 3 is 2.15 bits per heavy atom. The van der Waals surface area contributed by atoms with Crippen LogP contribution in [0.25, 0.3) is 0 Å². The molecule has 1 saturated heterocycles. The Bertz CT molecular complexity index is 798. The SMILES string of the molecule is CC(C)c1ccc(NC(=S)N2CCN(c3ccc([N+](=O)[O-])cc3)CC2)cc1. The summed E-state index contributed by atoms with van der Waals surface area (Å²) in [5.74, 6) is 0.513. The van der Waals surface area contributed by atoms with Crippen molar-refractivity contribution in [1.29, 1.82) is 0 Å². The molecule has 0 radical (unpaired) electrons. The molecule has 0 bridgehead atoms. The van der Waals surface area contributed by atoms with Crippen LogP contribution in [0.15, 0.2) is 48.5 Å². The van der Waals surface area contributed by atoms with Gasteiger partial charge in [0.25, 0.3) is 5.69 Å². The minimum absolute atomic E-state index is 0.117. The number of benzene rings is 2. The summed E-state index contributed by atoms with van der Waals surface area (Å²) < 4.78 is 0. The first-order valence-corrected chi connectivity index (χ1v) is 9.50. The van der Waals surface area contributed by atoms with Gasteiger partial charge in [0.2, 0.25) is 0 Å². The third-order valence-corrected chi connectivity index (χ3v) is 5.18. The molecule has 3 rings (SSSR count). The number of anilines is 2. The molecule has 1 aliphatic heterocycles. The number of nitro benzene ring substituents is 1. The average Bonchev–Trinajstić information content (AvgIpc) is 2.68. The van der Waals surface area contributed by atoms with Crippen LogP contribution in [0.3, 0.4) is 0 Å². The highest BCUT2D eigenvalue weighted by molar-refractivity contribution is 7.80. The second kappa shape index (κ2) is 8.35. The van der Waals surface area contributed by atoms with E-state index in [2.05, 4.69) is 53.2 Å². The van der Waals surface area contributed by atoms with Crippen LogP contribution < -0.4 is 10.2 Å². The van der Waals surface area contributed by atoms with Gasteiger partial charge < -0.3 is 15.1 Å². The van der Waals surface area contributed by atoms with Crippen molar-refractivity contribution in [1.82, 2.24) is 4.90 Å². The third kappa shape index (κ3) is 4.74. The minimum atomic E-state index is -0.375. The fourth-order valence-corrected chi connectivity index (χ4v) is 3.41. The maximum Gasteiger partial charge on any atom is 0.269 e. The number of nitrogens with one attached hydrogen (secondary N) is 1. The molecule has 6 nitrogen and oxygen atoms in total. The van der Waals surface area contributed by atoms with Gasteiger partial charge in [0.05, 0.1) is 4.92 Å². The fraction of sp³-hybridized carbons (Fsp3) is 0.350. The van der Waals surface area contributed by atoms with Gasteiger partial charge in [-0.05, 0) is 48.0 Å². The zero-order valence-electron chi connectivity index (χ0n) is 15.6. The van der Waals surface area contributed by atoms with Crippen LogP contribution in [0.1, 0.15) is 25.3 Å². The van der Waals surface area contributed by atoms with Gasteiger partial charge in [0.15, 0.2) is 5.11 Å². The highest BCUT2D eigenvalue weighted by atomic mass is 32.1. The van der Waals surface area contributed by atoms with E-state index in [0.717, 1.165) is 42.7 Å². The van der Waals surface area contributed by atoms with Crippen molar-refractivity contribution in [3.05, 3.63) is 64.2 Å². The maximum absolute atomic E-state index is 10.8. The summed E-state index contributed by atoms with van der Waals surface area (Å²) in [6, 6.07) is 15.1. The number of thiocarbonyl (C=S) groups is 1. The Morgan fingerprint density at radius 1 is 1.04 bits per heavy atom. The van der Waals surface area contributed by atoms with E-state index in [9.17, 15) is 10.1 Å². The normalized spacial score (nSPS) is 14.3. The molecule has 1 heterocycles. The Morgan fingerprint density at radius 2 is 1.63 bits per heavy atom. The van der Waals surface area contributed by atoms with E-state index >= 15 is 0 Å². The van der Waals surface area contributed by atoms with Crippen LogP contribution in [-0.4, -0.2) is 41.1 Å². The van der Waals surface area contributed by atoms with E-state index in [4.69, 9.17) is 12.2 Å². The first kappa shape index (κ1) is 19.1. The van der Waals surface area contributed by atoms with E-state index in [0.29, 0.717) is 5.92 Å². The van der Waals surface area contributed by atoms with Crippen molar-refractivity contribution >= 4 is 34.4 Å². The first-order chi connectivity index (χ1) is 12.9. The van der Waals surface area contributed by atoms with Gasteiger partial charge in [-0.1, -0.05) is 26.0 Å². The lowest BCUT2D eigenvalue weighted by Gasteiger charge is -2.37. The monoisotopic (exact) mass is 384 g/mol. The second-order valence-corrected chi connectivity index (χ2v) is 7.34. The molecule has 0 unspecified atom stereocenters. The summed E-state index contributed by atoms with van der Waals surface area (Å²) >= 11 is 5.56. The Hall–Kier alpha value is -2.67. The van der Waals surface area contributed by atoms with E-state index in [1.54, 1.807) is 24.3 Å². The fourth-order valence-electron chi connectivity index (χ4n) is 3.11. The van der Waals surface area contributed by atoms with Crippen molar-refractivity contribution in [3.8, 4) is 0 Å². The molecule has 2 aromatic carbocycles. The van der Waals surface area contributed by atoms with Crippen LogP contribution in [0, 0.1) is 10.1 Å². The molecule has 0 saturated carbocycles. The molecule has 0 aliphatic carbocycles. The number of nitrogens with zero attached hydrogens (tertiary/aromatic N) is 3. The molecule has 1 aliphatic rings. The van der Waals surface area contributed by atoms with Crippen LogP contribution >= 0.6 is 12.2 Å². The third-order valence-electron chi connectivity index (χ3n) is 4.82. The lowest BCUT2D eigenvalue weighted by Crippen LogP contribution is -2.50. The largest absolute Gasteiger partial charge is 0.368 e. The van der Waals surface area contributed by atoms with Crippen LogP contribution in [-0.2, 0) is 0 Å². The molecule has 1 N–H and O–H groups in total. The van der Waals surface area contributed by atoms with Crippen molar-refractivity contribution in [2.45, 2.75) is 19.8 Å². The number of hydrogen-bond acceptors (Lipinski definition) is 4. The first-order valence-electron chi connectivity index (χ1n) is 9.09. The molecule has 1 fully saturated rings. The summed E-state index contributed by atoms with van der Waals surface area (Å²) in [7, 11) is 0. The van der Waals surface area contributed by atoms with Gasteiger partial charge in [0.1, 0.15) is 0 Å². The van der Waals surface area contributed by atoms with Gasteiger partial charge in [-0.25, -0.2) is 0 Å². The summed E-state index contributed by atoms with van der Waals surface area (Å²) in [5.41, 5.74) is 3.43. The Balaban J connectivity index is 1.53. The van der Waals surface area contributed by atoms with Gasteiger partial charge in [-0.3, -0.25) is 10.1 Å². The Kier molecular flexibility index (Phi) is 5.91. The molecular formula is C20H24N4O2S. The number of nitro groups is 1. The molecule has 27 heavy (non-hydrogen) atoms. The second-order valence-electron chi connectivity index (χ2n) is 6.95. The number of rotatable bonds is 4. The van der Waals surface area contributed by atoms with Crippen molar-refractivity contribution in [3.63, 3.8) is 0 Å². The van der Waals surface area contributed by atoms with Crippen LogP contribution in [0.5, 0.6) is 0 Å². The van der Waals surface area contributed by atoms with Crippen molar-refractivity contribution < 1.29 is 4.92 Å². The molecule has 0 spiro atoms. The molecule has 0 atom stereocenters. The molecule has 2 aromatic rings. The predicted molar refractivity (Wildman–Crippen MR) is 114 cm³/mol. The summed E-state index contributed by atoms with van der Waals surface area (Å²) in [5, 5.41) is 14.8. The minimum Gasteiger partial charge on any atom is -0.368 e. The van der Waals surface area contributed by atoms with Gasteiger partial charge >= 0.3 is 0 Å². The number of hydrogen-bond donors (Lipinski definition) is 1. The summed E-state index contributed by atoms with van der Waals surface area (Å²) in [6.45, 7) is 7.63.